The van der Waals surface area contributed by atoms with Crippen LogP contribution in [-0.4, -0.2) is 91.6 Å². The summed E-state index contributed by atoms with van der Waals surface area (Å²) in [7, 11) is 5.12. The second-order valence-electron chi connectivity index (χ2n) is 6.54. The molecular weight excluding hydrogens is 476 g/mol. The van der Waals surface area contributed by atoms with Crippen molar-refractivity contribution in [2.24, 2.45) is 16.2 Å². The number of esters is 7. The Balaban J connectivity index is 4.97. The fraction of sp³-hybridized carbons (Fsp3) is 0.476. The summed E-state index contributed by atoms with van der Waals surface area (Å²) in [6, 6.07) is 0. The molecule has 0 fully saturated rings. The van der Waals surface area contributed by atoms with Crippen LogP contribution < -0.4 is 0 Å². The maximum Gasteiger partial charge on any atom is 0.344 e. The number of methoxy groups -OCH3 is 7. The Bertz CT molecular complexity index is 1020. The molecule has 0 N–H and O–H groups in total. The highest BCUT2D eigenvalue weighted by Gasteiger charge is 2.87. The quantitative estimate of drug-likeness (QED) is 0.169. The number of carbonyl (C=O) groups is 7. The molecule has 0 spiro atoms. The molecule has 0 radical (unpaired) electrons. The van der Waals surface area contributed by atoms with E-state index in [4.69, 9.17) is 18.9 Å². The van der Waals surface area contributed by atoms with Crippen molar-refractivity contribution in [3.8, 4) is 0 Å². The number of rotatable bonds is 7. The average molecular weight is 498 g/mol. The molecule has 1 aliphatic rings. The van der Waals surface area contributed by atoms with Gasteiger partial charge in [-0.2, -0.15) is 0 Å². The van der Waals surface area contributed by atoms with Gasteiger partial charge in [0.25, 0.3) is 0 Å². The number of hydrogen-bond donors (Lipinski definition) is 0. The largest absolute Gasteiger partial charge is 0.468 e. The minimum atomic E-state index is -3.79. The molecule has 0 saturated heterocycles. The van der Waals surface area contributed by atoms with Gasteiger partial charge in [0.15, 0.2) is 0 Å². The molecule has 0 aromatic heterocycles. The number of carbonyl (C=O) groups excluding carboxylic acids is 7. The third-order valence-electron chi connectivity index (χ3n) is 5.39. The summed E-state index contributed by atoms with van der Waals surface area (Å²) >= 11 is 0. The van der Waals surface area contributed by atoms with Gasteiger partial charge in [-0.1, -0.05) is 11.5 Å². The normalized spacial score (nSPS) is 16.4. The summed E-state index contributed by atoms with van der Waals surface area (Å²) in [5, 5.41) is 0. The van der Waals surface area contributed by atoms with Gasteiger partial charge in [0, 0.05) is 0 Å². The van der Waals surface area contributed by atoms with Gasteiger partial charge in [0.1, 0.15) is 5.57 Å². The van der Waals surface area contributed by atoms with Crippen molar-refractivity contribution in [2.45, 2.75) is 0 Å². The van der Waals surface area contributed by atoms with Gasteiger partial charge < -0.3 is 33.2 Å². The Morgan fingerprint density at radius 2 is 0.943 bits per heavy atom. The number of ether oxygens (including phenoxy) is 7. The molecular formula is C21H22O14. The van der Waals surface area contributed by atoms with Crippen LogP contribution in [-0.2, 0) is 66.7 Å². The van der Waals surface area contributed by atoms with Crippen LogP contribution in [0.25, 0.3) is 0 Å². The first-order valence-electron chi connectivity index (χ1n) is 9.29. The lowest BCUT2D eigenvalue weighted by Gasteiger charge is -2.47. The molecule has 14 nitrogen and oxygen atoms in total. The van der Waals surface area contributed by atoms with Crippen molar-refractivity contribution >= 4 is 41.8 Å². The third kappa shape index (κ3) is 3.47. The third-order valence-corrected chi connectivity index (χ3v) is 5.39. The molecule has 0 atom stereocenters. The molecule has 0 unspecified atom stereocenters. The number of hydrogen-bond acceptors (Lipinski definition) is 14. The fourth-order valence-corrected chi connectivity index (χ4v) is 3.95. The van der Waals surface area contributed by atoms with Gasteiger partial charge in [-0.3, -0.25) is 28.8 Å². The van der Waals surface area contributed by atoms with Gasteiger partial charge in [-0.25, -0.2) is 4.79 Å². The standard InChI is InChI=1S/C21H22O14/c1-29-12(22)11-9-8-10-19(13(23)30-2,14(24)31-3)21(17(27)34-6,18(28)35-7)20(11,15(25)32-4)16(26)33-5/h10H,1-7H3. The molecule has 0 aromatic rings. The van der Waals surface area contributed by atoms with Crippen LogP contribution in [0.5, 0.6) is 0 Å². The van der Waals surface area contributed by atoms with E-state index in [1.54, 1.807) is 0 Å². The van der Waals surface area contributed by atoms with E-state index < -0.39 is 63.6 Å². The maximum atomic E-state index is 13.6. The van der Waals surface area contributed by atoms with Gasteiger partial charge in [0.2, 0.25) is 16.2 Å². The lowest BCUT2D eigenvalue weighted by Crippen LogP contribution is -2.73. The van der Waals surface area contributed by atoms with Crippen LogP contribution in [0, 0.1) is 16.2 Å². The zero-order valence-corrected chi connectivity index (χ0v) is 19.8. The Morgan fingerprint density at radius 1 is 0.571 bits per heavy atom. The van der Waals surface area contributed by atoms with E-state index >= 15 is 0 Å². The van der Waals surface area contributed by atoms with Crippen LogP contribution in [0.1, 0.15) is 0 Å². The summed E-state index contributed by atoms with van der Waals surface area (Å²) in [5.74, 6) is -12.5. The highest BCUT2D eigenvalue weighted by atomic mass is 16.6. The van der Waals surface area contributed by atoms with Crippen molar-refractivity contribution < 1.29 is 66.7 Å². The molecule has 0 bridgehead atoms. The van der Waals surface area contributed by atoms with Crippen molar-refractivity contribution in [1.82, 2.24) is 0 Å². The van der Waals surface area contributed by atoms with E-state index in [0.29, 0.717) is 34.5 Å². The van der Waals surface area contributed by atoms with Crippen molar-refractivity contribution in [2.75, 3.05) is 49.8 Å². The Morgan fingerprint density at radius 3 is 1.26 bits per heavy atom. The summed E-state index contributed by atoms with van der Waals surface area (Å²) in [6.45, 7) is 0. The maximum absolute atomic E-state index is 13.6. The van der Waals surface area contributed by atoms with E-state index in [-0.39, 0.29) is 0 Å². The van der Waals surface area contributed by atoms with Gasteiger partial charge in [-0.15, -0.1) is 0 Å². The van der Waals surface area contributed by atoms with Crippen molar-refractivity contribution in [3.63, 3.8) is 0 Å². The zero-order chi connectivity index (χ0) is 27.2. The summed E-state index contributed by atoms with van der Waals surface area (Å²) in [6.07, 6.45) is 0.440. The second-order valence-corrected chi connectivity index (χ2v) is 6.54. The Labute approximate surface area is 198 Å². The van der Waals surface area contributed by atoms with Gasteiger partial charge >= 0.3 is 41.8 Å². The Kier molecular flexibility index (Phi) is 8.73. The van der Waals surface area contributed by atoms with Crippen LogP contribution in [0.4, 0.5) is 0 Å². The first-order chi connectivity index (χ1) is 16.5. The van der Waals surface area contributed by atoms with Crippen LogP contribution in [0.3, 0.4) is 0 Å². The zero-order valence-electron chi connectivity index (χ0n) is 19.8. The highest BCUT2D eigenvalue weighted by molar-refractivity contribution is 6.26. The predicted octanol–water partition coefficient (Wildman–Crippen LogP) is -1.59. The van der Waals surface area contributed by atoms with Crippen LogP contribution >= 0.6 is 0 Å². The monoisotopic (exact) mass is 498 g/mol. The molecule has 0 heterocycles. The topological polar surface area (TPSA) is 184 Å². The molecule has 190 valence electrons. The summed E-state index contributed by atoms with van der Waals surface area (Å²) in [5.41, 5.74) is -7.87. The Hall–Kier alpha value is -4.41. The minimum Gasteiger partial charge on any atom is -0.468 e. The lowest BCUT2D eigenvalue weighted by molar-refractivity contribution is -0.215. The van der Waals surface area contributed by atoms with E-state index in [1.807, 2.05) is 0 Å². The molecule has 14 heteroatoms. The van der Waals surface area contributed by atoms with E-state index in [9.17, 15) is 33.6 Å². The fourth-order valence-electron chi connectivity index (χ4n) is 3.95. The van der Waals surface area contributed by atoms with E-state index in [2.05, 4.69) is 25.7 Å². The van der Waals surface area contributed by atoms with Crippen LogP contribution in [0.15, 0.2) is 23.1 Å². The highest BCUT2D eigenvalue weighted by Crippen LogP contribution is 2.61. The molecule has 1 aliphatic carbocycles. The molecule has 0 aliphatic heterocycles. The summed E-state index contributed by atoms with van der Waals surface area (Å²) in [4.78, 5) is 93.6. The average Bonchev–Trinajstić information content (AvgIpc) is 3.03. The van der Waals surface area contributed by atoms with Crippen molar-refractivity contribution in [1.29, 1.82) is 0 Å². The first kappa shape index (κ1) is 28.6. The minimum absolute atomic E-state index is 0.440. The first-order valence-corrected chi connectivity index (χ1v) is 9.29. The van der Waals surface area contributed by atoms with E-state index in [1.165, 1.54) is 0 Å². The lowest BCUT2D eigenvalue weighted by atomic mass is 9.47. The van der Waals surface area contributed by atoms with Crippen molar-refractivity contribution in [3.05, 3.63) is 23.1 Å². The predicted molar refractivity (Wildman–Crippen MR) is 107 cm³/mol. The van der Waals surface area contributed by atoms with E-state index in [0.717, 1.165) is 21.3 Å². The molecule has 0 amide bonds. The molecule has 1 rings (SSSR count). The molecule has 0 aromatic carbocycles. The smallest absolute Gasteiger partial charge is 0.344 e. The SMILES string of the molecule is COC(=O)C1=C=C=CC(C(=O)OC)(C(=O)OC)C(C(=O)OC)(C(=O)OC)C1(C(=O)OC)C(=O)OC. The van der Waals surface area contributed by atoms with Gasteiger partial charge in [-0.05, 0) is 6.08 Å². The molecule has 35 heavy (non-hydrogen) atoms. The summed E-state index contributed by atoms with van der Waals surface area (Å²) < 4.78 is 32.8. The second kappa shape index (κ2) is 10.7. The molecule has 0 saturated carbocycles. The van der Waals surface area contributed by atoms with Gasteiger partial charge in [0.05, 0.1) is 49.8 Å². The van der Waals surface area contributed by atoms with Crippen LogP contribution in [0.2, 0.25) is 0 Å².